The molecule has 1 heterocycles. The molecule has 1 unspecified atom stereocenters. The van der Waals surface area contributed by atoms with Crippen molar-refractivity contribution in [1.82, 2.24) is 9.55 Å². The average Bonchev–Trinajstić information content (AvgIpc) is 2.90. The van der Waals surface area contributed by atoms with Gasteiger partial charge in [-0.05, 0) is 17.7 Å². The van der Waals surface area contributed by atoms with Gasteiger partial charge in [-0.2, -0.15) is 0 Å². The Labute approximate surface area is 109 Å². The number of hydrogen-bond donors (Lipinski definition) is 1. The highest BCUT2D eigenvalue weighted by Gasteiger charge is 2.18. The minimum Gasteiger partial charge on any atom is -0.467 e. The van der Waals surface area contributed by atoms with Crippen molar-refractivity contribution in [1.29, 1.82) is 0 Å². The van der Waals surface area contributed by atoms with Gasteiger partial charge in [0, 0.05) is 12.4 Å². The van der Waals surface area contributed by atoms with Crippen LogP contribution in [0.5, 0.6) is 0 Å². The second kappa shape index (κ2) is 5.20. The number of esters is 1. The van der Waals surface area contributed by atoms with Crippen molar-refractivity contribution >= 4 is 17.6 Å². The molecule has 0 aliphatic carbocycles. The number of rotatable bonds is 3. The Bertz CT molecular complexity index is 554. The summed E-state index contributed by atoms with van der Waals surface area (Å²) in [5.74, 6) is -0.721. The molecule has 0 aliphatic rings. The topological polar surface area (TPSA) is 64.3 Å². The molecular formula is C12H11ClN2O3. The molecule has 2 rings (SSSR count). The molecule has 0 fully saturated rings. The smallest absolute Gasteiger partial charge is 0.339 e. The van der Waals surface area contributed by atoms with Crippen LogP contribution in [0.25, 0.3) is 5.69 Å². The van der Waals surface area contributed by atoms with E-state index < -0.39 is 12.1 Å². The second-order valence-electron chi connectivity index (χ2n) is 3.61. The number of benzene rings is 1. The highest BCUT2D eigenvalue weighted by atomic mass is 35.5. The zero-order valence-corrected chi connectivity index (χ0v) is 10.3. The number of carbonyl (C=O) groups excluding carboxylic acids is 1. The molecule has 1 aromatic carbocycles. The SMILES string of the molecule is COC(=O)C(O)c1ccc(-n2ccnc2)c(Cl)c1. The number of nitrogens with zero attached hydrogens (tertiary/aromatic N) is 2. The van der Waals surface area contributed by atoms with Gasteiger partial charge in [-0.25, -0.2) is 9.78 Å². The standard InChI is InChI=1S/C12H11ClN2O3/c1-18-12(17)11(16)8-2-3-10(9(13)6-8)15-5-4-14-7-15/h2-7,11,16H,1H3. The summed E-state index contributed by atoms with van der Waals surface area (Å²) in [5.41, 5.74) is 1.10. The lowest BCUT2D eigenvalue weighted by atomic mass is 10.1. The Morgan fingerprint density at radius 3 is 2.89 bits per heavy atom. The van der Waals surface area contributed by atoms with Crippen molar-refractivity contribution in [3.05, 3.63) is 47.5 Å². The maximum absolute atomic E-state index is 11.2. The highest BCUT2D eigenvalue weighted by molar-refractivity contribution is 6.32. The molecule has 1 atom stereocenters. The van der Waals surface area contributed by atoms with Gasteiger partial charge in [-0.1, -0.05) is 17.7 Å². The van der Waals surface area contributed by atoms with Gasteiger partial charge in [0.05, 0.1) is 24.1 Å². The summed E-state index contributed by atoms with van der Waals surface area (Å²) >= 11 is 6.10. The van der Waals surface area contributed by atoms with Crippen molar-refractivity contribution < 1.29 is 14.6 Å². The van der Waals surface area contributed by atoms with E-state index >= 15 is 0 Å². The lowest BCUT2D eigenvalue weighted by Gasteiger charge is -2.11. The molecule has 18 heavy (non-hydrogen) atoms. The number of aliphatic hydroxyl groups is 1. The van der Waals surface area contributed by atoms with Crippen LogP contribution < -0.4 is 0 Å². The van der Waals surface area contributed by atoms with Crippen LogP contribution in [0.4, 0.5) is 0 Å². The molecule has 0 radical (unpaired) electrons. The molecule has 6 heteroatoms. The second-order valence-corrected chi connectivity index (χ2v) is 4.01. The molecule has 1 aromatic heterocycles. The molecule has 0 spiro atoms. The summed E-state index contributed by atoms with van der Waals surface area (Å²) in [6.07, 6.45) is 3.66. The van der Waals surface area contributed by atoms with Crippen molar-refractivity contribution in [3.8, 4) is 5.69 Å². The van der Waals surface area contributed by atoms with Crippen molar-refractivity contribution in [2.24, 2.45) is 0 Å². The molecule has 94 valence electrons. The predicted octanol–water partition coefficient (Wildman–Crippen LogP) is 1.73. The minimum absolute atomic E-state index is 0.385. The zero-order valence-electron chi connectivity index (χ0n) is 9.58. The van der Waals surface area contributed by atoms with E-state index in [4.69, 9.17) is 11.6 Å². The lowest BCUT2D eigenvalue weighted by Crippen LogP contribution is -2.13. The van der Waals surface area contributed by atoms with Gasteiger partial charge < -0.3 is 14.4 Å². The first-order valence-electron chi connectivity index (χ1n) is 5.17. The van der Waals surface area contributed by atoms with Crippen LogP contribution >= 0.6 is 11.6 Å². The number of hydrogen-bond acceptors (Lipinski definition) is 4. The third kappa shape index (κ3) is 2.37. The summed E-state index contributed by atoms with van der Waals surface area (Å²) < 4.78 is 6.19. The quantitative estimate of drug-likeness (QED) is 0.860. The molecule has 0 amide bonds. The van der Waals surface area contributed by atoms with Gasteiger partial charge in [0.1, 0.15) is 0 Å². The molecule has 0 saturated carbocycles. The highest BCUT2D eigenvalue weighted by Crippen LogP contribution is 2.25. The zero-order chi connectivity index (χ0) is 13.1. The van der Waals surface area contributed by atoms with E-state index in [1.807, 2.05) is 0 Å². The Hall–Kier alpha value is -1.85. The first-order valence-corrected chi connectivity index (χ1v) is 5.55. The van der Waals surface area contributed by atoms with Crippen molar-refractivity contribution in [3.63, 3.8) is 0 Å². The third-order valence-electron chi connectivity index (χ3n) is 2.49. The van der Waals surface area contributed by atoms with Crippen molar-refractivity contribution in [2.45, 2.75) is 6.10 Å². The molecular weight excluding hydrogens is 256 g/mol. The first kappa shape index (κ1) is 12.6. The molecule has 2 aromatic rings. The van der Waals surface area contributed by atoms with E-state index in [2.05, 4.69) is 9.72 Å². The minimum atomic E-state index is -1.33. The number of ether oxygens (including phenoxy) is 1. The molecule has 1 N–H and O–H groups in total. The molecule has 5 nitrogen and oxygen atoms in total. The van der Waals surface area contributed by atoms with E-state index in [0.29, 0.717) is 10.6 Å². The van der Waals surface area contributed by atoms with E-state index in [9.17, 15) is 9.90 Å². The summed E-state index contributed by atoms with van der Waals surface area (Å²) in [6, 6.07) is 4.84. The van der Waals surface area contributed by atoms with Crippen LogP contribution in [-0.2, 0) is 9.53 Å². The first-order chi connectivity index (χ1) is 8.63. The molecule has 0 saturated heterocycles. The maximum Gasteiger partial charge on any atom is 0.339 e. The van der Waals surface area contributed by atoms with Gasteiger partial charge in [0.15, 0.2) is 6.10 Å². The normalized spacial score (nSPS) is 12.2. The number of aliphatic hydroxyl groups excluding tert-OH is 1. The van der Waals surface area contributed by atoms with Gasteiger partial charge in [-0.15, -0.1) is 0 Å². The number of imidazole rings is 1. The Kier molecular flexibility index (Phi) is 3.64. The molecule has 0 bridgehead atoms. The maximum atomic E-state index is 11.2. The fourth-order valence-electron chi connectivity index (χ4n) is 1.55. The summed E-state index contributed by atoms with van der Waals surface area (Å²) in [4.78, 5) is 15.1. The van der Waals surface area contributed by atoms with Gasteiger partial charge in [0.2, 0.25) is 0 Å². The fraction of sp³-hybridized carbons (Fsp3) is 0.167. The Morgan fingerprint density at radius 1 is 1.56 bits per heavy atom. The van der Waals surface area contributed by atoms with Crippen LogP contribution in [0.15, 0.2) is 36.9 Å². The predicted molar refractivity (Wildman–Crippen MR) is 65.5 cm³/mol. The third-order valence-corrected chi connectivity index (χ3v) is 2.80. The van der Waals surface area contributed by atoms with Crippen LogP contribution in [0.1, 0.15) is 11.7 Å². The Balaban J connectivity index is 2.33. The number of halogens is 1. The monoisotopic (exact) mass is 266 g/mol. The lowest BCUT2D eigenvalue weighted by molar-refractivity contribution is -0.150. The van der Waals surface area contributed by atoms with E-state index in [0.717, 1.165) is 5.69 Å². The van der Waals surface area contributed by atoms with E-state index in [1.165, 1.54) is 13.2 Å². The van der Waals surface area contributed by atoms with E-state index in [-0.39, 0.29) is 0 Å². The van der Waals surface area contributed by atoms with Crippen LogP contribution in [0, 0.1) is 0 Å². The summed E-state index contributed by atoms with van der Waals surface area (Å²) in [6.45, 7) is 0. The number of aromatic nitrogens is 2. The largest absolute Gasteiger partial charge is 0.467 e. The number of carbonyl (C=O) groups is 1. The van der Waals surface area contributed by atoms with Crippen LogP contribution in [0.3, 0.4) is 0 Å². The average molecular weight is 267 g/mol. The molecule has 0 aliphatic heterocycles. The number of methoxy groups -OCH3 is 1. The summed E-state index contributed by atoms with van der Waals surface area (Å²) in [5, 5.41) is 10.1. The Morgan fingerprint density at radius 2 is 2.33 bits per heavy atom. The van der Waals surface area contributed by atoms with Gasteiger partial charge in [0.25, 0.3) is 0 Å². The van der Waals surface area contributed by atoms with Gasteiger partial charge in [-0.3, -0.25) is 0 Å². The van der Waals surface area contributed by atoms with Crippen molar-refractivity contribution in [2.75, 3.05) is 7.11 Å². The summed E-state index contributed by atoms with van der Waals surface area (Å²) in [7, 11) is 1.22. The van der Waals surface area contributed by atoms with Crippen LogP contribution in [-0.4, -0.2) is 27.7 Å². The van der Waals surface area contributed by atoms with Crippen LogP contribution in [0.2, 0.25) is 5.02 Å². The van der Waals surface area contributed by atoms with E-state index in [1.54, 1.807) is 35.4 Å². The fourth-order valence-corrected chi connectivity index (χ4v) is 1.84. The van der Waals surface area contributed by atoms with Gasteiger partial charge >= 0.3 is 5.97 Å².